The van der Waals surface area contributed by atoms with Gasteiger partial charge in [-0.05, 0) is 24.7 Å². The molecule has 0 rings (SSSR count). The molecule has 0 heterocycles. The van der Waals surface area contributed by atoms with Gasteiger partial charge in [0.1, 0.15) is 0 Å². The Morgan fingerprint density at radius 3 is 1.44 bits per heavy atom. The summed E-state index contributed by atoms with van der Waals surface area (Å²) in [7, 11) is 0. The third-order valence-electron chi connectivity index (χ3n) is 2.12. The van der Waals surface area contributed by atoms with Crippen molar-refractivity contribution in [1.82, 2.24) is 0 Å². The van der Waals surface area contributed by atoms with Gasteiger partial charge >= 0.3 is 11.9 Å². The standard InChI is InChI=1S/C14H22O4/c1-11(2)7-9-17-13(15)5-6-14(16)18-10-8-12(3)4/h11-12H,7-10H2,1-4H3. The summed E-state index contributed by atoms with van der Waals surface area (Å²) < 4.78 is 9.65. The van der Waals surface area contributed by atoms with Gasteiger partial charge in [0.2, 0.25) is 0 Å². The van der Waals surface area contributed by atoms with Crippen molar-refractivity contribution in [3.05, 3.63) is 0 Å². The average Bonchev–Trinajstić information content (AvgIpc) is 2.25. The Kier molecular flexibility index (Phi) is 8.73. The lowest BCUT2D eigenvalue weighted by molar-refractivity contribution is -0.139. The lowest BCUT2D eigenvalue weighted by atomic mass is 10.1. The SMILES string of the molecule is CC(C)CCOC(=O)C#CC(=O)OCCC(C)C. The van der Waals surface area contributed by atoms with Crippen molar-refractivity contribution in [3.8, 4) is 11.8 Å². The summed E-state index contributed by atoms with van der Waals surface area (Å²) in [5, 5.41) is 0. The van der Waals surface area contributed by atoms with Gasteiger partial charge in [-0.3, -0.25) is 0 Å². The molecule has 0 aromatic heterocycles. The van der Waals surface area contributed by atoms with Crippen LogP contribution in [0.1, 0.15) is 40.5 Å². The van der Waals surface area contributed by atoms with E-state index in [1.807, 2.05) is 27.7 Å². The van der Waals surface area contributed by atoms with Gasteiger partial charge < -0.3 is 9.47 Å². The van der Waals surface area contributed by atoms with Crippen LogP contribution in [0.2, 0.25) is 0 Å². The van der Waals surface area contributed by atoms with E-state index in [-0.39, 0.29) is 0 Å². The molecule has 18 heavy (non-hydrogen) atoms. The van der Waals surface area contributed by atoms with Crippen LogP contribution in [0.25, 0.3) is 0 Å². The van der Waals surface area contributed by atoms with E-state index in [4.69, 9.17) is 9.47 Å². The van der Waals surface area contributed by atoms with E-state index in [1.165, 1.54) is 0 Å². The summed E-state index contributed by atoms with van der Waals surface area (Å²) >= 11 is 0. The van der Waals surface area contributed by atoms with Gasteiger partial charge in [-0.15, -0.1) is 0 Å². The van der Waals surface area contributed by atoms with Crippen LogP contribution in [-0.4, -0.2) is 25.2 Å². The Bertz CT molecular complexity index is 290. The molecule has 0 aliphatic heterocycles. The summed E-state index contributed by atoms with van der Waals surface area (Å²) in [5.41, 5.74) is 0. The maximum absolute atomic E-state index is 11.1. The van der Waals surface area contributed by atoms with E-state index in [1.54, 1.807) is 0 Å². The molecule has 0 aliphatic rings. The molecule has 0 N–H and O–H groups in total. The van der Waals surface area contributed by atoms with Crippen LogP contribution < -0.4 is 0 Å². The van der Waals surface area contributed by atoms with Gasteiger partial charge in [-0.25, -0.2) is 9.59 Å². The van der Waals surface area contributed by atoms with Crippen molar-refractivity contribution in [2.75, 3.05) is 13.2 Å². The molecule has 4 heteroatoms. The quantitative estimate of drug-likeness (QED) is 0.414. The zero-order chi connectivity index (χ0) is 14.0. The molecule has 0 radical (unpaired) electrons. The molecule has 0 saturated heterocycles. The fraction of sp³-hybridized carbons (Fsp3) is 0.714. The Labute approximate surface area is 109 Å². The van der Waals surface area contributed by atoms with E-state index in [0.717, 1.165) is 12.8 Å². The van der Waals surface area contributed by atoms with Crippen molar-refractivity contribution < 1.29 is 19.1 Å². The molecule has 4 nitrogen and oxygen atoms in total. The summed E-state index contributed by atoms with van der Waals surface area (Å²) in [5.74, 6) is 3.78. The number of esters is 2. The lowest BCUT2D eigenvalue weighted by Crippen LogP contribution is -2.08. The summed E-state index contributed by atoms with van der Waals surface area (Å²) in [4.78, 5) is 22.2. The highest BCUT2D eigenvalue weighted by Gasteiger charge is 2.02. The minimum atomic E-state index is -0.684. The Balaban J connectivity index is 3.79. The summed E-state index contributed by atoms with van der Waals surface area (Å²) in [6.45, 7) is 8.79. The van der Waals surface area contributed by atoms with Crippen LogP contribution in [0.4, 0.5) is 0 Å². The topological polar surface area (TPSA) is 52.6 Å². The molecular weight excluding hydrogens is 232 g/mol. The minimum Gasteiger partial charge on any atom is -0.456 e. The average molecular weight is 254 g/mol. The summed E-state index contributed by atoms with van der Waals surface area (Å²) in [6.07, 6.45) is 1.57. The largest absolute Gasteiger partial charge is 0.456 e. The zero-order valence-electron chi connectivity index (χ0n) is 11.6. The van der Waals surface area contributed by atoms with Crippen molar-refractivity contribution in [2.45, 2.75) is 40.5 Å². The Morgan fingerprint density at radius 2 is 1.17 bits per heavy atom. The van der Waals surface area contributed by atoms with Gasteiger partial charge in [0, 0.05) is 11.8 Å². The van der Waals surface area contributed by atoms with Crippen molar-refractivity contribution >= 4 is 11.9 Å². The maximum atomic E-state index is 11.1. The second-order valence-corrected chi connectivity index (χ2v) is 4.89. The number of hydrogen-bond acceptors (Lipinski definition) is 4. The number of carbonyl (C=O) groups is 2. The van der Waals surface area contributed by atoms with Gasteiger partial charge in [0.15, 0.2) is 0 Å². The number of ether oxygens (including phenoxy) is 2. The molecule has 0 amide bonds. The van der Waals surface area contributed by atoms with Gasteiger partial charge in [-0.1, -0.05) is 27.7 Å². The normalized spacial score (nSPS) is 9.89. The number of rotatable bonds is 6. The monoisotopic (exact) mass is 254 g/mol. The fourth-order valence-electron chi connectivity index (χ4n) is 0.949. The molecule has 0 unspecified atom stereocenters. The molecule has 0 bridgehead atoms. The van der Waals surface area contributed by atoms with Crippen LogP contribution in [0, 0.1) is 23.7 Å². The molecule has 0 saturated carbocycles. The Hall–Kier alpha value is -1.50. The maximum Gasteiger partial charge on any atom is 0.384 e. The molecule has 0 fully saturated rings. The first-order chi connectivity index (χ1) is 8.41. The zero-order valence-corrected chi connectivity index (χ0v) is 11.6. The van der Waals surface area contributed by atoms with E-state index in [0.29, 0.717) is 25.0 Å². The first-order valence-corrected chi connectivity index (χ1v) is 6.27. The summed E-state index contributed by atoms with van der Waals surface area (Å²) in [6, 6.07) is 0. The van der Waals surface area contributed by atoms with Crippen LogP contribution in [0.15, 0.2) is 0 Å². The van der Waals surface area contributed by atoms with Crippen LogP contribution >= 0.6 is 0 Å². The van der Waals surface area contributed by atoms with Gasteiger partial charge in [0.05, 0.1) is 13.2 Å². The second kappa shape index (κ2) is 9.52. The van der Waals surface area contributed by atoms with Crippen molar-refractivity contribution in [2.24, 2.45) is 11.8 Å². The molecule has 0 aromatic rings. The molecule has 102 valence electrons. The van der Waals surface area contributed by atoms with Crippen molar-refractivity contribution in [3.63, 3.8) is 0 Å². The van der Waals surface area contributed by atoms with Crippen LogP contribution in [-0.2, 0) is 19.1 Å². The van der Waals surface area contributed by atoms with E-state index in [2.05, 4.69) is 11.8 Å². The van der Waals surface area contributed by atoms with Crippen molar-refractivity contribution in [1.29, 1.82) is 0 Å². The van der Waals surface area contributed by atoms with Gasteiger partial charge in [-0.2, -0.15) is 0 Å². The highest BCUT2D eigenvalue weighted by molar-refractivity contribution is 5.98. The predicted molar refractivity (Wildman–Crippen MR) is 68.6 cm³/mol. The van der Waals surface area contributed by atoms with Crippen LogP contribution in [0.3, 0.4) is 0 Å². The van der Waals surface area contributed by atoms with Crippen LogP contribution in [0.5, 0.6) is 0 Å². The highest BCUT2D eigenvalue weighted by atomic mass is 16.5. The molecular formula is C14H22O4. The highest BCUT2D eigenvalue weighted by Crippen LogP contribution is 1.99. The first kappa shape index (κ1) is 16.5. The lowest BCUT2D eigenvalue weighted by Gasteiger charge is -2.03. The van der Waals surface area contributed by atoms with E-state index >= 15 is 0 Å². The number of hydrogen-bond donors (Lipinski definition) is 0. The molecule has 0 atom stereocenters. The minimum absolute atomic E-state index is 0.327. The predicted octanol–water partition coefficient (Wildman–Crippen LogP) is 2.17. The van der Waals surface area contributed by atoms with E-state index < -0.39 is 11.9 Å². The molecule has 0 aromatic carbocycles. The van der Waals surface area contributed by atoms with Gasteiger partial charge in [0.25, 0.3) is 0 Å². The van der Waals surface area contributed by atoms with E-state index in [9.17, 15) is 9.59 Å². The third kappa shape index (κ3) is 11.0. The first-order valence-electron chi connectivity index (χ1n) is 6.27. The number of carbonyl (C=O) groups excluding carboxylic acids is 2. The third-order valence-corrected chi connectivity index (χ3v) is 2.12. The molecule has 0 aliphatic carbocycles. The molecule has 0 spiro atoms. The smallest absolute Gasteiger partial charge is 0.384 e. The second-order valence-electron chi connectivity index (χ2n) is 4.89. The Morgan fingerprint density at radius 1 is 0.833 bits per heavy atom. The fourth-order valence-corrected chi connectivity index (χ4v) is 0.949.